The zero-order valence-electron chi connectivity index (χ0n) is 19.4. The van der Waals surface area contributed by atoms with Gasteiger partial charge < -0.3 is 25.7 Å². The van der Waals surface area contributed by atoms with Gasteiger partial charge in [0.1, 0.15) is 11.3 Å². The van der Waals surface area contributed by atoms with E-state index in [0.717, 1.165) is 5.56 Å². The maximum Gasteiger partial charge on any atom is 0.341 e. The van der Waals surface area contributed by atoms with E-state index >= 15 is 0 Å². The molecule has 11 heteroatoms. The van der Waals surface area contributed by atoms with Crippen molar-refractivity contribution in [3.63, 3.8) is 0 Å². The Morgan fingerprint density at radius 3 is 2.47 bits per heavy atom. The fraction of sp³-hybridized carbons (Fsp3) is 0.200. The molecule has 4 aromatic rings. The molecule has 3 heterocycles. The van der Waals surface area contributed by atoms with E-state index < -0.39 is 11.9 Å². The summed E-state index contributed by atoms with van der Waals surface area (Å²) >= 11 is 0. The second-order valence-electron chi connectivity index (χ2n) is 8.30. The van der Waals surface area contributed by atoms with Crippen LogP contribution in [0.1, 0.15) is 38.0 Å². The van der Waals surface area contributed by atoms with Gasteiger partial charge in [-0.05, 0) is 31.2 Å². The lowest BCUT2D eigenvalue weighted by Crippen LogP contribution is -2.60. The molecule has 0 radical (unpaired) electrons. The van der Waals surface area contributed by atoms with Gasteiger partial charge in [-0.25, -0.2) is 19.7 Å². The summed E-state index contributed by atoms with van der Waals surface area (Å²) in [6, 6.07) is 12.2. The number of ether oxygens (including phenoxy) is 1. The highest BCUT2D eigenvalue weighted by Crippen LogP contribution is 2.23. The van der Waals surface area contributed by atoms with E-state index in [9.17, 15) is 14.4 Å². The van der Waals surface area contributed by atoms with Gasteiger partial charge in [-0.15, -0.1) is 0 Å². The third-order valence-corrected chi connectivity index (χ3v) is 5.85. The number of aromatic nitrogens is 4. The molecule has 0 aliphatic carbocycles. The number of H-pyrrole nitrogens is 1. The molecule has 11 nitrogen and oxygen atoms in total. The molecule has 36 heavy (non-hydrogen) atoms. The van der Waals surface area contributed by atoms with E-state index in [2.05, 4.69) is 25.3 Å². The number of nitrogens with two attached hydrogens (primary N) is 1. The van der Waals surface area contributed by atoms with Crippen LogP contribution in [0.15, 0.2) is 54.9 Å². The minimum Gasteiger partial charge on any atom is -0.462 e. The highest BCUT2D eigenvalue weighted by molar-refractivity contribution is 6.04. The fourth-order valence-corrected chi connectivity index (χ4v) is 3.95. The molecule has 2 aromatic heterocycles. The van der Waals surface area contributed by atoms with Gasteiger partial charge in [0.2, 0.25) is 5.95 Å². The number of amides is 2. The Morgan fingerprint density at radius 2 is 1.81 bits per heavy atom. The van der Waals surface area contributed by atoms with Gasteiger partial charge >= 0.3 is 5.97 Å². The van der Waals surface area contributed by atoms with E-state index in [-0.39, 0.29) is 18.6 Å². The standard InChI is InChI=1S/C25H23N7O4/c1-2-36-24(35)16-10-27-25(28-11-16)32-12-17(13-32)29-23(34)15-8-6-14(7-9-15)22-30-19-5-3-4-18(21(26)33)20(19)31-22/h3-11,17H,2,12-13H2,1H3,(H2,26,33)(H,29,34)(H,30,31). The van der Waals surface area contributed by atoms with Crippen molar-refractivity contribution in [2.75, 3.05) is 24.6 Å². The number of nitrogens with one attached hydrogen (secondary N) is 2. The molecule has 1 fully saturated rings. The molecule has 0 atom stereocenters. The molecule has 0 unspecified atom stereocenters. The molecule has 5 rings (SSSR count). The van der Waals surface area contributed by atoms with Crippen LogP contribution < -0.4 is 16.0 Å². The number of hydrogen-bond donors (Lipinski definition) is 3. The van der Waals surface area contributed by atoms with Crippen LogP contribution in [0.2, 0.25) is 0 Å². The number of rotatable bonds is 7. The minimum absolute atomic E-state index is 0.0481. The predicted octanol–water partition coefficient (Wildman–Crippen LogP) is 1.91. The van der Waals surface area contributed by atoms with Crippen molar-refractivity contribution in [2.45, 2.75) is 13.0 Å². The molecule has 4 N–H and O–H groups in total. The third kappa shape index (κ3) is 4.45. The summed E-state index contributed by atoms with van der Waals surface area (Å²) in [5.74, 6) is -0.122. The number of carbonyl (C=O) groups is 3. The van der Waals surface area contributed by atoms with Crippen molar-refractivity contribution >= 4 is 34.8 Å². The molecule has 182 valence electrons. The smallest absolute Gasteiger partial charge is 0.341 e. The van der Waals surface area contributed by atoms with Crippen molar-refractivity contribution < 1.29 is 19.1 Å². The average Bonchev–Trinajstić information content (AvgIpc) is 3.30. The maximum atomic E-state index is 12.7. The molecule has 1 saturated heterocycles. The number of anilines is 1. The number of esters is 1. The first-order valence-electron chi connectivity index (χ1n) is 11.4. The summed E-state index contributed by atoms with van der Waals surface area (Å²) in [5.41, 5.74) is 8.59. The van der Waals surface area contributed by atoms with Gasteiger partial charge in [0.05, 0.1) is 29.3 Å². The number of primary amides is 1. The first-order chi connectivity index (χ1) is 17.4. The summed E-state index contributed by atoms with van der Waals surface area (Å²) in [4.78, 5) is 54.1. The molecule has 1 aliphatic heterocycles. The van der Waals surface area contributed by atoms with E-state index in [1.165, 1.54) is 12.4 Å². The van der Waals surface area contributed by atoms with Gasteiger partial charge in [-0.2, -0.15) is 0 Å². The summed E-state index contributed by atoms with van der Waals surface area (Å²) in [5, 5.41) is 2.99. The van der Waals surface area contributed by atoms with Crippen molar-refractivity contribution in [3.05, 3.63) is 71.5 Å². The van der Waals surface area contributed by atoms with Crippen molar-refractivity contribution in [3.8, 4) is 11.4 Å². The Labute approximate surface area is 205 Å². The van der Waals surface area contributed by atoms with Gasteiger partial charge in [-0.1, -0.05) is 18.2 Å². The van der Waals surface area contributed by atoms with Crippen molar-refractivity contribution in [1.29, 1.82) is 0 Å². The summed E-state index contributed by atoms with van der Waals surface area (Å²) in [6.45, 7) is 3.14. The number of imidazole rings is 1. The van der Waals surface area contributed by atoms with Crippen LogP contribution in [-0.2, 0) is 4.74 Å². The number of aromatic amines is 1. The first-order valence-corrected chi connectivity index (χ1v) is 11.4. The van der Waals surface area contributed by atoms with Gasteiger partial charge in [0.25, 0.3) is 11.8 Å². The first kappa shape index (κ1) is 23.0. The lowest BCUT2D eigenvalue weighted by Gasteiger charge is -2.39. The van der Waals surface area contributed by atoms with E-state index in [1.807, 2.05) is 11.0 Å². The van der Waals surface area contributed by atoms with Crippen LogP contribution in [0.4, 0.5) is 5.95 Å². The lowest BCUT2D eigenvalue weighted by molar-refractivity contribution is 0.0525. The number of para-hydroxylation sites is 1. The van der Waals surface area contributed by atoms with Crippen LogP contribution in [0, 0.1) is 0 Å². The topological polar surface area (TPSA) is 156 Å². The monoisotopic (exact) mass is 485 g/mol. The summed E-state index contributed by atoms with van der Waals surface area (Å²) < 4.78 is 4.93. The van der Waals surface area contributed by atoms with Gasteiger partial charge in [-0.3, -0.25) is 9.59 Å². The molecule has 2 aromatic carbocycles. The quantitative estimate of drug-likeness (QED) is 0.335. The molecule has 0 spiro atoms. The number of benzene rings is 2. The van der Waals surface area contributed by atoms with E-state index in [0.29, 0.717) is 52.6 Å². The number of carbonyl (C=O) groups excluding carboxylic acids is 3. The summed E-state index contributed by atoms with van der Waals surface area (Å²) in [7, 11) is 0. The Hall–Kier alpha value is -4.80. The molecule has 0 saturated carbocycles. The minimum atomic E-state index is -0.541. The van der Waals surface area contributed by atoms with Crippen molar-refractivity contribution in [1.82, 2.24) is 25.3 Å². The molecular formula is C25H23N7O4. The highest BCUT2D eigenvalue weighted by atomic mass is 16.5. The van der Waals surface area contributed by atoms with Crippen LogP contribution in [0.25, 0.3) is 22.4 Å². The maximum absolute atomic E-state index is 12.7. The fourth-order valence-electron chi connectivity index (χ4n) is 3.95. The molecular weight excluding hydrogens is 462 g/mol. The number of nitrogens with zero attached hydrogens (tertiary/aromatic N) is 4. The Kier molecular flexibility index (Phi) is 6.03. The Balaban J connectivity index is 1.19. The largest absolute Gasteiger partial charge is 0.462 e. The van der Waals surface area contributed by atoms with Crippen LogP contribution in [0.3, 0.4) is 0 Å². The van der Waals surface area contributed by atoms with Gasteiger partial charge in [0.15, 0.2) is 0 Å². The van der Waals surface area contributed by atoms with E-state index in [4.69, 9.17) is 10.5 Å². The van der Waals surface area contributed by atoms with Crippen molar-refractivity contribution in [2.24, 2.45) is 5.73 Å². The highest BCUT2D eigenvalue weighted by Gasteiger charge is 2.30. The third-order valence-electron chi connectivity index (χ3n) is 5.85. The predicted molar refractivity (Wildman–Crippen MR) is 132 cm³/mol. The Bertz CT molecular complexity index is 1440. The molecule has 2 amide bonds. The SMILES string of the molecule is CCOC(=O)c1cnc(N2CC(NC(=O)c3ccc(-c4nc5c(C(N)=O)cccc5[nH]4)cc3)C2)nc1. The Morgan fingerprint density at radius 1 is 1.08 bits per heavy atom. The van der Waals surface area contributed by atoms with E-state index in [1.54, 1.807) is 43.3 Å². The zero-order valence-corrected chi connectivity index (χ0v) is 19.4. The van der Waals surface area contributed by atoms with Gasteiger partial charge in [0, 0.05) is 36.6 Å². The van der Waals surface area contributed by atoms with Crippen LogP contribution >= 0.6 is 0 Å². The lowest BCUT2D eigenvalue weighted by atomic mass is 10.1. The zero-order chi connectivity index (χ0) is 25.2. The normalized spacial score (nSPS) is 13.3. The second kappa shape index (κ2) is 9.45. The van der Waals surface area contributed by atoms with Crippen LogP contribution in [0.5, 0.6) is 0 Å². The number of hydrogen-bond acceptors (Lipinski definition) is 8. The number of fused-ring (bicyclic) bond motifs is 1. The molecule has 0 bridgehead atoms. The second-order valence-corrected chi connectivity index (χ2v) is 8.30. The average molecular weight is 486 g/mol. The molecule has 1 aliphatic rings. The van der Waals surface area contributed by atoms with Crippen LogP contribution in [-0.4, -0.2) is 63.5 Å². The summed E-state index contributed by atoms with van der Waals surface area (Å²) in [6.07, 6.45) is 2.87.